The first-order valence-corrected chi connectivity index (χ1v) is 9.01. The van der Waals surface area contributed by atoms with Crippen molar-refractivity contribution in [1.82, 2.24) is 24.4 Å². The molecule has 26 heavy (non-hydrogen) atoms. The van der Waals surface area contributed by atoms with Gasteiger partial charge in [0.05, 0.1) is 6.20 Å². The number of imidazole rings is 1. The van der Waals surface area contributed by atoms with Gasteiger partial charge in [-0.2, -0.15) is 0 Å². The molecule has 2 N–H and O–H groups in total. The molecular formula is C17H22N6O3. The summed E-state index contributed by atoms with van der Waals surface area (Å²) in [5.74, 6) is 1.36. The van der Waals surface area contributed by atoms with Crippen molar-refractivity contribution in [1.29, 1.82) is 0 Å². The van der Waals surface area contributed by atoms with Crippen LogP contribution in [0, 0.1) is 0 Å². The Labute approximate surface area is 149 Å². The van der Waals surface area contributed by atoms with Crippen molar-refractivity contribution in [2.24, 2.45) is 0 Å². The lowest BCUT2D eigenvalue weighted by Crippen LogP contribution is -2.39. The van der Waals surface area contributed by atoms with E-state index in [9.17, 15) is 14.4 Å². The van der Waals surface area contributed by atoms with Crippen molar-refractivity contribution in [3.8, 4) is 0 Å². The monoisotopic (exact) mass is 358 g/mol. The van der Waals surface area contributed by atoms with Crippen molar-refractivity contribution in [2.45, 2.75) is 45.3 Å². The smallest absolute Gasteiger partial charge is 0.329 e. The number of carbonyl (C=O) groups excluding carboxylic acids is 1. The van der Waals surface area contributed by atoms with Gasteiger partial charge in [0.15, 0.2) is 0 Å². The zero-order valence-corrected chi connectivity index (χ0v) is 14.7. The molecule has 4 rings (SSSR count). The first-order valence-electron chi connectivity index (χ1n) is 9.01. The summed E-state index contributed by atoms with van der Waals surface area (Å²) in [7, 11) is 0. The van der Waals surface area contributed by atoms with Crippen LogP contribution in [-0.4, -0.2) is 44.1 Å². The molecule has 2 aromatic heterocycles. The first-order chi connectivity index (χ1) is 12.6. The number of amides is 1. The Kier molecular flexibility index (Phi) is 4.14. The second kappa shape index (κ2) is 6.47. The van der Waals surface area contributed by atoms with E-state index in [1.165, 1.54) is 6.07 Å². The third kappa shape index (κ3) is 2.83. The zero-order valence-electron chi connectivity index (χ0n) is 14.7. The van der Waals surface area contributed by atoms with E-state index in [2.05, 4.69) is 15.3 Å². The van der Waals surface area contributed by atoms with Gasteiger partial charge in [-0.05, 0) is 19.8 Å². The molecule has 1 fully saturated rings. The van der Waals surface area contributed by atoms with Gasteiger partial charge in [-0.3, -0.25) is 19.1 Å². The summed E-state index contributed by atoms with van der Waals surface area (Å²) in [5, 5.41) is 3.05. The van der Waals surface area contributed by atoms with Crippen LogP contribution in [-0.2, 0) is 19.5 Å². The van der Waals surface area contributed by atoms with Gasteiger partial charge in [0.2, 0.25) is 0 Å². The Hall–Kier alpha value is -2.84. The van der Waals surface area contributed by atoms with Crippen LogP contribution >= 0.6 is 0 Å². The number of anilines is 1. The predicted octanol–water partition coefficient (Wildman–Crippen LogP) is -0.292. The minimum absolute atomic E-state index is 0.0350. The molecule has 1 saturated heterocycles. The standard InChI is InChI=1S/C17H22N6O3/c1-2-22-15(24)8-14(20-17(22)26)21-7-5-11(10-21)19-16(25)12-9-18-13-4-3-6-23(12)13/h8-9,11H,2-7,10H2,1H3,(H,19,25)(H,20,26)/t11-/m0/s1. The summed E-state index contributed by atoms with van der Waals surface area (Å²) < 4.78 is 3.13. The molecule has 9 nitrogen and oxygen atoms in total. The van der Waals surface area contributed by atoms with Gasteiger partial charge in [-0.15, -0.1) is 0 Å². The molecule has 0 saturated carbocycles. The number of aryl methyl sites for hydroxylation is 1. The molecule has 1 atom stereocenters. The second-order valence-corrected chi connectivity index (χ2v) is 6.76. The highest BCUT2D eigenvalue weighted by molar-refractivity contribution is 5.92. The number of fused-ring (bicyclic) bond motifs is 1. The number of carbonyl (C=O) groups is 1. The van der Waals surface area contributed by atoms with Crippen LogP contribution in [0.3, 0.4) is 0 Å². The Morgan fingerprint density at radius 1 is 1.38 bits per heavy atom. The molecule has 9 heteroatoms. The minimum atomic E-state index is -0.405. The second-order valence-electron chi connectivity index (χ2n) is 6.76. The van der Waals surface area contributed by atoms with Gasteiger partial charge in [0.25, 0.3) is 11.5 Å². The molecule has 0 aliphatic carbocycles. The molecule has 0 bridgehead atoms. The van der Waals surface area contributed by atoms with Crippen LogP contribution in [0.1, 0.15) is 36.1 Å². The Morgan fingerprint density at radius 3 is 3.00 bits per heavy atom. The van der Waals surface area contributed by atoms with E-state index in [-0.39, 0.29) is 17.5 Å². The van der Waals surface area contributed by atoms with Crippen LogP contribution in [0.2, 0.25) is 0 Å². The Morgan fingerprint density at radius 2 is 2.23 bits per heavy atom. The quantitative estimate of drug-likeness (QED) is 0.781. The summed E-state index contributed by atoms with van der Waals surface area (Å²) in [6, 6.07) is 1.41. The molecule has 1 amide bonds. The maximum absolute atomic E-state index is 12.6. The number of H-pyrrole nitrogens is 1. The van der Waals surface area contributed by atoms with Gasteiger partial charge < -0.3 is 14.8 Å². The largest absolute Gasteiger partial charge is 0.356 e. The van der Waals surface area contributed by atoms with E-state index in [1.54, 1.807) is 13.1 Å². The topological polar surface area (TPSA) is 105 Å². The average molecular weight is 358 g/mol. The van der Waals surface area contributed by atoms with E-state index in [0.29, 0.717) is 31.1 Å². The highest BCUT2D eigenvalue weighted by Gasteiger charge is 2.27. The summed E-state index contributed by atoms with van der Waals surface area (Å²) in [6.45, 7) is 4.15. The molecule has 138 valence electrons. The van der Waals surface area contributed by atoms with Gasteiger partial charge in [0.1, 0.15) is 17.3 Å². The van der Waals surface area contributed by atoms with Gasteiger partial charge >= 0.3 is 5.69 Å². The van der Waals surface area contributed by atoms with Crippen LogP contribution in [0.5, 0.6) is 0 Å². The summed E-state index contributed by atoms with van der Waals surface area (Å²) in [5.41, 5.74) is -0.110. The molecule has 0 spiro atoms. The number of hydrogen-bond acceptors (Lipinski definition) is 5. The number of hydrogen-bond donors (Lipinski definition) is 2. The van der Waals surface area contributed by atoms with Crippen molar-refractivity contribution in [3.05, 3.63) is 44.6 Å². The van der Waals surface area contributed by atoms with Gasteiger partial charge in [0, 0.05) is 44.7 Å². The van der Waals surface area contributed by atoms with Gasteiger partial charge in [-0.25, -0.2) is 9.78 Å². The molecule has 0 radical (unpaired) electrons. The first kappa shape index (κ1) is 16.6. The summed E-state index contributed by atoms with van der Waals surface area (Å²) in [4.78, 5) is 45.5. The van der Waals surface area contributed by atoms with Crippen molar-refractivity contribution < 1.29 is 4.79 Å². The maximum atomic E-state index is 12.6. The van der Waals surface area contributed by atoms with E-state index in [1.807, 2.05) is 9.47 Å². The van der Waals surface area contributed by atoms with Crippen molar-refractivity contribution >= 4 is 11.7 Å². The summed E-state index contributed by atoms with van der Waals surface area (Å²) >= 11 is 0. The van der Waals surface area contributed by atoms with Gasteiger partial charge in [-0.1, -0.05) is 0 Å². The van der Waals surface area contributed by atoms with Crippen molar-refractivity contribution in [3.63, 3.8) is 0 Å². The molecule has 2 aliphatic heterocycles. The maximum Gasteiger partial charge on any atom is 0.329 e. The van der Waals surface area contributed by atoms with Crippen molar-refractivity contribution in [2.75, 3.05) is 18.0 Å². The predicted molar refractivity (Wildman–Crippen MR) is 95.6 cm³/mol. The summed E-state index contributed by atoms with van der Waals surface area (Å²) in [6.07, 6.45) is 4.34. The third-order valence-electron chi connectivity index (χ3n) is 5.14. The Bertz CT molecular complexity index is 925. The lowest BCUT2D eigenvalue weighted by atomic mass is 10.2. The highest BCUT2D eigenvalue weighted by Crippen LogP contribution is 2.18. The van der Waals surface area contributed by atoms with Crippen LogP contribution in [0.15, 0.2) is 21.9 Å². The molecular weight excluding hydrogens is 336 g/mol. The number of aromatic amines is 1. The van der Waals surface area contributed by atoms with Crippen LogP contribution < -0.4 is 21.5 Å². The molecule has 2 aromatic rings. The normalized spacial score (nSPS) is 19.0. The lowest BCUT2D eigenvalue weighted by molar-refractivity contribution is 0.0931. The fourth-order valence-electron chi connectivity index (χ4n) is 3.77. The average Bonchev–Trinajstić information content (AvgIpc) is 3.30. The molecule has 0 unspecified atom stereocenters. The van der Waals surface area contributed by atoms with E-state index < -0.39 is 5.69 Å². The fourth-order valence-corrected chi connectivity index (χ4v) is 3.77. The van der Waals surface area contributed by atoms with E-state index >= 15 is 0 Å². The van der Waals surface area contributed by atoms with E-state index in [0.717, 1.165) is 36.2 Å². The zero-order chi connectivity index (χ0) is 18.3. The molecule has 4 heterocycles. The number of aromatic nitrogens is 4. The van der Waals surface area contributed by atoms with E-state index in [4.69, 9.17) is 0 Å². The number of nitrogens with zero attached hydrogens (tertiary/aromatic N) is 4. The highest BCUT2D eigenvalue weighted by atomic mass is 16.2. The third-order valence-corrected chi connectivity index (χ3v) is 5.14. The lowest BCUT2D eigenvalue weighted by Gasteiger charge is -2.19. The van der Waals surface area contributed by atoms with Crippen LogP contribution in [0.25, 0.3) is 0 Å². The minimum Gasteiger partial charge on any atom is -0.356 e. The number of nitrogens with one attached hydrogen (secondary N) is 2. The molecule has 0 aromatic carbocycles. The SMILES string of the molecule is CCn1c(=O)cc(N2CC[C@H](NC(=O)c3cnc4n3CCC4)C2)[nH]c1=O. The number of rotatable bonds is 4. The van der Waals surface area contributed by atoms with Crippen LogP contribution in [0.4, 0.5) is 5.82 Å². The Balaban J connectivity index is 1.45. The molecule has 2 aliphatic rings. The fraction of sp³-hybridized carbons (Fsp3) is 0.529.